The maximum Gasteiger partial charge on any atom is 0.234 e. The molecule has 3 rings (SSSR count). The Morgan fingerprint density at radius 1 is 1.00 bits per heavy atom. The van der Waals surface area contributed by atoms with Crippen molar-refractivity contribution in [3.63, 3.8) is 0 Å². The first-order valence-electron chi connectivity index (χ1n) is 10.2. The van der Waals surface area contributed by atoms with Crippen LogP contribution in [0.15, 0.2) is 35.0 Å². The highest BCUT2D eigenvalue weighted by atomic mass is 32.1. The van der Waals surface area contributed by atoms with Gasteiger partial charge in [-0.25, -0.2) is 0 Å². The van der Waals surface area contributed by atoms with Crippen LogP contribution in [-0.2, 0) is 22.7 Å². The van der Waals surface area contributed by atoms with E-state index in [4.69, 9.17) is 0 Å². The molecular formula is C21H30N4O2S2. The van der Waals surface area contributed by atoms with Gasteiger partial charge in [0.05, 0.1) is 26.2 Å². The third-order valence-corrected chi connectivity index (χ3v) is 6.86. The molecule has 0 unspecified atom stereocenters. The zero-order valence-corrected chi connectivity index (χ0v) is 18.6. The molecule has 2 aromatic rings. The first kappa shape index (κ1) is 22.0. The Hall–Kier alpha value is -1.74. The molecule has 0 aliphatic carbocycles. The van der Waals surface area contributed by atoms with Gasteiger partial charge in [-0.3, -0.25) is 19.4 Å². The molecule has 0 aromatic carbocycles. The summed E-state index contributed by atoms with van der Waals surface area (Å²) in [5.41, 5.74) is 0. The summed E-state index contributed by atoms with van der Waals surface area (Å²) in [4.78, 5) is 31.5. The van der Waals surface area contributed by atoms with Crippen molar-refractivity contribution in [3.8, 4) is 0 Å². The normalized spacial score (nSPS) is 17.9. The molecule has 1 fully saturated rings. The van der Waals surface area contributed by atoms with Gasteiger partial charge in [0.25, 0.3) is 0 Å². The van der Waals surface area contributed by atoms with Crippen LogP contribution in [0, 0.1) is 0 Å². The summed E-state index contributed by atoms with van der Waals surface area (Å²) < 4.78 is 0. The van der Waals surface area contributed by atoms with Crippen LogP contribution in [0.3, 0.4) is 0 Å². The molecule has 0 saturated carbocycles. The van der Waals surface area contributed by atoms with Crippen LogP contribution in [0.5, 0.6) is 0 Å². The van der Waals surface area contributed by atoms with Crippen molar-refractivity contribution in [1.82, 2.24) is 20.4 Å². The topological polar surface area (TPSA) is 64.7 Å². The summed E-state index contributed by atoms with van der Waals surface area (Å²) in [6, 6.07) is 8.38. The molecule has 2 amide bonds. The minimum absolute atomic E-state index is 0.0655. The first-order valence-corrected chi connectivity index (χ1v) is 11.9. The molecule has 1 atom stereocenters. The lowest BCUT2D eigenvalue weighted by atomic mass is 10.1. The lowest BCUT2D eigenvalue weighted by molar-refractivity contribution is -0.126. The highest BCUT2D eigenvalue weighted by Crippen LogP contribution is 2.15. The summed E-state index contributed by atoms with van der Waals surface area (Å²) in [7, 11) is 0. The monoisotopic (exact) mass is 434 g/mol. The number of hydrogen-bond acceptors (Lipinski definition) is 6. The van der Waals surface area contributed by atoms with Crippen molar-refractivity contribution < 1.29 is 9.59 Å². The van der Waals surface area contributed by atoms with E-state index in [-0.39, 0.29) is 11.8 Å². The molecule has 1 aliphatic rings. The molecular weight excluding hydrogens is 404 g/mol. The predicted molar refractivity (Wildman–Crippen MR) is 119 cm³/mol. The largest absolute Gasteiger partial charge is 0.350 e. The van der Waals surface area contributed by atoms with Crippen molar-refractivity contribution in [3.05, 3.63) is 44.8 Å². The average Bonchev–Trinajstić information content (AvgIpc) is 3.41. The fourth-order valence-corrected chi connectivity index (χ4v) is 4.90. The van der Waals surface area contributed by atoms with Crippen molar-refractivity contribution >= 4 is 34.5 Å². The van der Waals surface area contributed by atoms with Gasteiger partial charge in [0.1, 0.15) is 0 Å². The van der Waals surface area contributed by atoms with Crippen LogP contribution in [0.2, 0.25) is 0 Å². The lowest BCUT2D eigenvalue weighted by Gasteiger charge is -2.41. The van der Waals surface area contributed by atoms with Gasteiger partial charge in [-0.1, -0.05) is 25.5 Å². The number of carbonyl (C=O) groups is 2. The second-order valence-electron chi connectivity index (χ2n) is 7.36. The molecule has 0 bridgehead atoms. The van der Waals surface area contributed by atoms with Gasteiger partial charge < -0.3 is 10.6 Å². The number of thiophene rings is 2. The number of rotatable bonds is 10. The summed E-state index contributed by atoms with van der Waals surface area (Å²) >= 11 is 3.31. The van der Waals surface area contributed by atoms with Gasteiger partial charge in [0.2, 0.25) is 11.8 Å². The second-order valence-corrected chi connectivity index (χ2v) is 9.42. The maximum absolute atomic E-state index is 12.4. The Morgan fingerprint density at radius 2 is 1.62 bits per heavy atom. The number of nitrogens with one attached hydrogen (secondary N) is 2. The van der Waals surface area contributed by atoms with Crippen molar-refractivity contribution in [2.45, 2.75) is 38.9 Å². The smallest absolute Gasteiger partial charge is 0.234 e. The van der Waals surface area contributed by atoms with Crippen molar-refractivity contribution in [2.75, 3.05) is 32.7 Å². The molecule has 1 aliphatic heterocycles. The van der Waals surface area contributed by atoms with E-state index >= 15 is 0 Å². The summed E-state index contributed by atoms with van der Waals surface area (Å²) in [6.07, 6.45) is 2.10. The second kappa shape index (κ2) is 11.4. The third kappa shape index (κ3) is 7.22. The van der Waals surface area contributed by atoms with E-state index in [1.54, 1.807) is 22.7 Å². The van der Waals surface area contributed by atoms with Gasteiger partial charge in [-0.15, -0.1) is 22.7 Å². The van der Waals surface area contributed by atoms with Crippen molar-refractivity contribution in [1.29, 1.82) is 0 Å². The van der Waals surface area contributed by atoms with E-state index in [0.29, 0.717) is 32.2 Å². The number of nitrogens with zero attached hydrogens (tertiary/aromatic N) is 2. The number of amides is 2. The molecule has 158 valence electrons. The summed E-state index contributed by atoms with van der Waals surface area (Å²) in [5.74, 6) is 0.137. The molecule has 1 saturated heterocycles. The predicted octanol–water partition coefficient (Wildman–Crippen LogP) is 2.53. The van der Waals surface area contributed by atoms with Crippen LogP contribution in [0.25, 0.3) is 0 Å². The Bertz CT molecular complexity index is 749. The Morgan fingerprint density at radius 3 is 2.17 bits per heavy atom. The zero-order chi connectivity index (χ0) is 20.5. The van der Waals surface area contributed by atoms with Crippen LogP contribution in [0.1, 0.15) is 29.5 Å². The quantitative estimate of drug-likeness (QED) is 0.603. The van der Waals surface area contributed by atoms with E-state index in [9.17, 15) is 9.59 Å². The number of piperazine rings is 1. The maximum atomic E-state index is 12.4. The molecule has 0 radical (unpaired) electrons. The van der Waals surface area contributed by atoms with E-state index < -0.39 is 0 Å². The van der Waals surface area contributed by atoms with Gasteiger partial charge >= 0.3 is 0 Å². The van der Waals surface area contributed by atoms with Crippen LogP contribution >= 0.6 is 22.7 Å². The molecule has 3 heterocycles. The molecule has 0 spiro atoms. The minimum atomic E-state index is 0.0655. The minimum Gasteiger partial charge on any atom is -0.350 e. The Labute approximate surface area is 180 Å². The highest BCUT2D eigenvalue weighted by molar-refractivity contribution is 7.10. The lowest BCUT2D eigenvalue weighted by Crippen LogP contribution is -2.56. The standard InChI is InChI=1S/C21H30N4O2S2/c1-2-5-17-14-24(15-20(26)22-12-18-6-3-10-28-18)8-9-25(17)16-21(27)23-13-19-7-4-11-29-19/h3-4,6-7,10-11,17H,2,5,8-9,12-16H2,1H3,(H,22,26)(H,23,27)/t17-/m1/s1. The van der Waals surface area contributed by atoms with E-state index in [1.807, 2.05) is 35.0 Å². The van der Waals surface area contributed by atoms with Gasteiger partial charge in [-0.05, 0) is 29.3 Å². The third-order valence-electron chi connectivity index (χ3n) is 5.10. The van der Waals surface area contributed by atoms with Crippen LogP contribution < -0.4 is 10.6 Å². The van der Waals surface area contributed by atoms with Crippen LogP contribution in [0.4, 0.5) is 0 Å². The fourth-order valence-electron chi connectivity index (χ4n) is 3.61. The van der Waals surface area contributed by atoms with E-state index in [0.717, 1.165) is 32.5 Å². The molecule has 6 nitrogen and oxygen atoms in total. The van der Waals surface area contributed by atoms with E-state index in [1.165, 1.54) is 9.75 Å². The van der Waals surface area contributed by atoms with Gasteiger partial charge in [-0.2, -0.15) is 0 Å². The SMILES string of the molecule is CCC[C@@H]1CN(CC(=O)NCc2cccs2)CCN1CC(=O)NCc1cccs1. The zero-order valence-electron chi connectivity index (χ0n) is 16.9. The molecule has 8 heteroatoms. The summed E-state index contributed by atoms with van der Waals surface area (Å²) in [5, 5.41) is 10.1. The Kier molecular flexibility index (Phi) is 8.67. The number of carbonyl (C=O) groups excluding carboxylic acids is 2. The molecule has 2 N–H and O–H groups in total. The molecule has 2 aromatic heterocycles. The molecule has 29 heavy (non-hydrogen) atoms. The van der Waals surface area contributed by atoms with E-state index in [2.05, 4.69) is 27.4 Å². The van der Waals surface area contributed by atoms with Crippen LogP contribution in [-0.4, -0.2) is 60.4 Å². The highest BCUT2D eigenvalue weighted by Gasteiger charge is 2.28. The van der Waals surface area contributed by atoms with Gasteiger partial charge in [0.15, 0.2) is 0 Å². The number of hydrogen-bond donors (Lipinski definition) is 2. The van der Waals surface area contributed by atoms with Gasteiger partial charge in [0, 0.05) is 35.4 Å². The fraction of sp³-hybridized carbons (Fsp3) is 0.524. The average molecular weight is 435 g/mol. The Balaban J connectivity index is 1.43. The van der Waals surface area contributed by atoms with Crippen molar-refractivity contribution in [2.24, 2.45) is 0 Å². The first-order chi connectivity index (χ1) is 14.1. The summed E-state index contributed by atoms with van der Waals surface area (Å²) in [6.45, 7) is 6.66.